The van der Waals surface area contributed by atoms with Gasteiger partial charge in [-0.25, -0.2) is 0 Å². The minimum Gasteiger partial charge on any atom is -0.355 e. The van der Waals surface area contributed by atoms with Crippen LogP contribution in [0.15, 0.2) is 0 Å². The number of rotatable bonds is 3. The third-order valence-corrected chi connectivity index (χ3v) is 2.79. The molecular formula is C10H21N3O. The van der Waals surface area contributed by atoms with E-state index in [1.165, 1.54) is 0 Å². The summed E-state index contributed by atoms with van der Waals surface area (Å²) in [4.78, 5) is 11.6. The van der Waals surface area contributed by atoms with Gasteiger partial charge in [-0.05, 0) is 33.1 Å². The standard InChI is InChI=1S/C10H21N3O/c1-7(11)8(2)13-9-5-3-4-6-12-10(9)14/h7-9,13H,3-6,11H2,1-2H3,(H,12,14). The summed E-state index contributed by atoms with van der Waals surface area (Å²) in [5.41, 5.74) is 5.74. The van der Waals surface area contributed by atoms with Gasteiger partial charge in [0.05, 0.1) is 6.04 Å². The molecule has 0 aromatic rings. The number of carbonyl (C=O) groups is 1. The van der Waals surface area contributed by atoms with Gasteiger partial charge in [-0.2, -0.15) is 0 Å². The Balaban J connectivity index is 2.44. The number of hydrogen-bond donors (Lipinski definition) is 3. The summed E-state index contributed by atoms with van der Waals surface area (Å²) in [6.07, 6.45) is 3.10. The van der Waals surface area contributed by atoms with Gasteiger partial charge >= 0.3 is 0 Å². The molecule has 1 heterocycles. The second kappa shape index (κ2) is 5.32. The molecule has 0 aromatic carbocycles. The summed E-state index contributed by atoms with van der Waals surface area (Å²) >= 11 is 0. The number of nitrogens with two attached hydrogens (primary N) is 1. The zero-order valence-electron chi connectivity index (χ0n) is 9.05. The molecule has 1 rings (SSSR count). The molecule has 1 aliphatic heterocycles. The van der Waals surface area contributed by atoms with Crippen LogP contribution in [0.1, 0.15) is 33.1 Å². The lowest BCUT2D eigenvalue weighted by Crippen LogP contribution is -2.51. The van der Waals surface area contributed by atoms with E-state index in [-0.39, 0.29) is 24.0 Å². The van der Waals surface area contributed by atoms with Crippen LogP contribution < -0.4 is 16.4 Å². The van der Waals surface area contributed by atoms with Gasteiger partial charge in [0.1, 0.15) is 0 Å². The quantitative estimate of drug-likeness (QED) is 0.598. The van der Waals surface area contributed by atoms with Crippen LogP contribution in [0.25, 0.3) is 0 Å². The molecule has 4 heteroatoms. The number of nitrogens with one attached hydrogen (secondary N) is 2. The van der Waals surface area contributed by atoms with E-state index in [4.69, 9.17) is 5.73 Å². The smallest absolute Gasteiger partial charge is 0.237 e. The minimum absolute atomic E-state index is 0.0569. The van der Waals surface area contributed by atoms with Gasteiger partial charge < -0.3 is 16.4 Å². The molecule has 82 valence electrons. The Kier molecular flexibility index (Phi) is 4.35. The average molecular weight is 199 g/mol. The van der Waals surface area contributed by atoms with Crippen molar-refractivity contribution in [2.75, 3.05) is 6.54 Å². The highest BCUT2D eigenvalue weighted by molar-refractivity contribution is 5.81. The predicted molar refractivity (Wildman–Crippen MR) is 56.9 cm³/mol. The van der Waals surface area contributed by atoms with Crippen molar-refractivity contribution in [2.45, 2.75) is 51.2 Å². The highest BCUT2D eigenvalue weighted by atomic mass is 16.2. The Bertz CT molecular complexity index is 194. The summed E-state index contributed by atoms with van der Waals surface area (Å²) in [5.74, 6) is 0.120. The monoisotopic (exact) mass is 199 g/mol. The molecule has 0 saturated carbocycles. The van der Waals surface area contributed by atoms with Crippen LogP contribution in [0.2, 0.25) is 0 Å². The first-order valence-corrected chi connectivity index (χ1v) is 5.40. The summed E-state index contributed by atoms with van der Waals surface area (Å²) < 4.78 is 0. The molecular weight excluding hydrogens is 178 g/mol. The van der Waals surface area contributed by atoms with Gasteiger partial charge in [0.15, 0.2) is 0 Å². The molecule has 4 nitrogen and oxygen atoms in total. The number of hydrogen-bond acceptors (Lipinski definition) is 3. The topological polar surface area (TPSA) is 67.2 Å². The molecule has 1 aliphatic rings. The first kappa shape index (κ1) is 11.5. The van der Waals surface area contributed by atoms with Crippen molar-refractivity contribution in [3.05, 3.63) is 0 Å². The Morgan fingerprint density at radius 2 is 2.21 bits per heavy atom. The molecule has 4 N–H and O–H groups in total. The Morgan fingerprint density at radius 1 is 1.50 bits per heavy atom. The fourth-order valence-corrected chi connectivity index (χ4v) is 1.57. The molecule has 0 aromatic heterocycles. The van der Waals surface area contributed by atoms with E-state index in [1.807, 2.05) is 13.8 Å². The van der Waals surface area contributed by atoms with Gasteiger partial charge in [0.2, 0.25) is 5.91 Å². The molecule has 14 heavy (non-hydrogen) atoms. The van der Waals surface area contributed by atoms with E-state index in [2.05, 4.69) is 10.6 Å². The maximum atomic E-state index is 11.6. The van der Waals surface area contributed by atoms with Gasteiger partial charge in [-0.3, -0.25) is 4.79 Å². The van der Waals surface area contributed by atoms with Crippen molar-refractivity contribution in [2.24, 2.45) is 5.73 Å². The third-order valence-electron chi connectivity index (χ3n) is 2.79. The van der Waals surface area contributed by atoms with E-state index in [1.54, 1.807) is 0 Å². The fourth-order valence-electron chi connectivity index (χ4n) is 1.57. The van der Waals surface area contributed by atoms with Crippen molar-refractivity contribution in [1.82, 2.24) is 10.6 Å². The normalized spacial score (nSPS) is 27.6. The van der Waals surface area contributed by atoms with E-state index >= 15 is 0 Å². The predicted octanol–water partition coefficient (Wildman–Crippen LogP) is -0.0196. The van der Waals surface area contributed by atoms with Gasteiger partial charge in [0.25, 0.3) is 0 Å². The van der Waals surface area contributed by atoms with Gasteiger partial charge in [-0.15, -0.1) is 0 Å². The van der Waals surface area contributed by atoms with Crippen molar-refractivity contribution < 1.29 is 4.79 Å². The Labute approximate surface area is 85.6 Å². The molecule has 0 radical (unpaired) electrons. The number of carbonyl (C=O) groups excluding carboxylic acids is 1. The largest absolute Gasteiger partial charge is 0.355 e. The molecule has 3 atom stereocenters. The molecule has 1 fully saturated rings. The van der Waals surface area contributed by atoms with Crippen molar-refractivity contribution in [3.8, 4) is 0 Å². The first-order valence-electron chi connectivity index (χ1n) is 5.40. The summed E-state index contributed by atoms with van der Waals surface area (Å²) in [7, 11) is 0. The summed E-state index contributed by atoms with van der Waals surface area (Å²) in [6.45, 7) is 4.78. The first-order chi connectivity index (χ1) is 6.61. The van der Waals surface area contributed by atoms with Crippen LogP contribution in [-0.4, -0.2) is 30.6 Å². The molecule has 0 spiro atoms. The van der Waals surface area contributed by atoms with Crippen LogP contribution in [0, 0.1) is 0 Å². The average Bonchev–Trinajstić information content (AvgIpc) is 2.32. The summed E-state index contributed by atoms with van der Waals surface area (Å²) in [6, 6.07) is 0.202. The third kappa shape index (κ3) is 3.27. The zero-order chi connectivity index (χ0) is 10.6. The molecule has 1 saturated heterocycles. The molecule has 0 bridgehead atoms. The van der Waals surface area contributed by atoms with Crippen LogP contribution in [-0.2, 0) is 4.79 Å². The van der Waals surface area contributed by atoms with Crippen molar-refractivity contribution >= 4 is 5.91 Å². The SMILES string of the molecule is CC(N)C(C)NC1CCCCNC1=O. The van der Waals surface area contributed by atoms with Crippen molar-refractivity contribution in [3.63, 3.8) is 0 Å². The number of amides is 1. The fraction of sp³-hybridized carbons (Fsp3) is 0.900. The maximum absolute atomic E-state index is 11.6. The second-order valence-corrected chi connectivity index (χ2v) is 4.15. The second-order valence-electron chi connectivity index (χ2n) is 4.15. The van der Waals surface area contributed by atoms with Gasteiger partial charge in [0, 0.05) is 18.6 Å². The molecule has 3 unspecified atom stereocenters. The molecule has 1 amide bonds. The van der Waals surface area contributed by atoms with Gasteiger partial charge in [-0.1, -0.05) is 0 Å². The van der Waals surface area contributed by atoms with E-state index in [0.29, 0.717) is 0 Å². The highest BCUT2D eigenvalue weighted by Crippen LogP contribution is 2.06. The Morgan fingerprint density at radius 3 is 2.86 bits per heavy atom. The van der Waals surface area contributed by atoms with E-state index in [0.717, 1.165) is 25.8 Å². The summed E-state index contributed by atoms with van der Waals surface area (Å²) in [5, 5.41) is 6.17. The maximum Gasteiger partial charge on any atom is 0.237 e. The van der Waals surface area contributed by atoms with Crippen molar-refractivity contribution in [1.29, 1.82) is 0 Å². The zero-order valence-corrected chi connectivity index (χ0v) is 9.05. The van der Waals surface area contributed by atoms with Crippen LogP contribution in [0.3, 0.4) is 0 Å². The molecule has 0 aliphatic carbocycles. The lowest BCUT2D eigenvalue weighted by molar-refractivity contribution is -0.123. The van der Waals surface area contributed by atoms with E-state index in [9.17, 15) is 4.79 Å². The lowest BCUT2D eigenvalue weighted by Gasteiger charge is -2.23. The Hall–Kier alpha value is -0.610. The minimum atomic E-state index is -0.0569. The van der Waals surface area contributed by atoms with Crippen LogP contribution in [0.5, 0.6) is 0 Å². The van der Waals surface area contributed by atoms with E-state index < -0.39 is 0 Å². The van der Waals surface area contributed by atoms with Crippen LogP contribution >= 0.6 is 0 Å². The van der Waals surface area contributed by atoms with Crippen LogP contribution in [0.4, 0.5) is 0 Å². The highest BCUT2D eigenvalue weighted by Gasteiger charge is 2.22. The lowest BCUT2D eigenvalue weighted by atomic mass is 10.1.